The van der Waals surface area contributed by atoms with E-state index < -0.39 is 9.84 Å². The molecule has 0 saturated carbocycles. The molecule has 134 valence electrons. The Hall–Kier alpha value is -2.14. The maximum Gasteiger partial charge on any atom is 0.225 e. The number of carbonyl (C=O) groups excluding carboxylic acids is 1. The minimum atomic E-state index is -3.30. The average molecular weight is 359 g/mol. The fraction of sp³-hybridized carbons (Fsp3) is 0.350. The van der Waals surface area contributed by atoms with Crippen LogP contribution in [0.1, 0.15) is 37.3 Å². The zero-order valence-corrected chi connectivity index (χ0v) is 15.4. The Morgan fingerprint density at radius 2 is 1.64 bits per heavy atom. The summed E-state index contributed by atoms with van der Waals surface area (Å²) in [7, 11) is -3.30. The third-order valence-corrected chi connectivity index (χ3v) is 5.53. The molecule has 0 saturated heterocycles. The molecular formula is C20H25NO3S. The van der Waals surface area contributed by atoms with Crippen LogP contribution in [0.4, 0.5) is 5.69 Å². The first-order valence-corrected chi connectivity index (χ1v) is 10.4. The first-order chi connectivity index (χ1) is 12.0. The van der Waals surface area contributed by atoms with Crippen molar-refractivity contribution in [1.29, 1.82) is 0 Å². The van der Waals surface area contributed by atoms with Crippen molar-refractivity contribution in [3.63, 3.8) is 0 Å². The molecule has 0 aliphatic rings. The molecule has 0 heterocycles. The number of hydrogen-bond donors (Lipinski definition) is 1. The van der Waals surface area contributed by atoms with E-state index in [1.807, 2.05) is 42.5 Å². The second-order valence-electron chi connectivity index (χ2n) is 6.18. The lowest BCUT2D eigenvalue weighted by Gasteiger charge is -2.07. The lowest BCUT2D eigenvalue weighted by Crippen LogP contribution is -2.18. The molecule has 0 spiro atoms. The van der Waals surface area contributed by atoms with Gasteiger partial charge < -0.3 is 5.32 Å². The predicted octanol–water partition coefficient (Wildman–Crippen LogP) is 3.97. The number of unbranched alkanes of at least 4 members (excludes halogenated alkanes) is 1. The molecule has 2 aromatic carbocycles. The summed E-state index contributed by atoms with van der Waals surface area (Å²) in [6.07, 6.45) is 3.29. The largest absolute Gasteiger partial charge is 0.326 e. The number of benzene rings is 2. The number of rotatable bonds is 9. The zero-order chi connectivity index (χ0) is 18.1. The Balaban J connectivity index is 1.81. The molecule has 4 nitrogen and oxygen atoms in total. The van der Waals surface area contributed by atoms with Crippen molar-refractivity contribution < 1.29 is 13.2 Å². The smallest absolute Gasteiger partial charge is 0.225 e. The summed E-state index contributed by atoms with van der Waals surface area (Å²) in [4.78, 5) is 12.0. The fourth-order valence-electron chi connectivity index (χ4n) is 2.51. The number of carbonyl (C=O) groups is 1. The van der Waals surface area contributed by atoms with Crippen LogP contribution in [0.2, 0.25) is 0 Å². The summed E-state index contributed by atoms with van der Waals surface area (Å²) in [5.41, 5.74) is 2.68. The normalized spacial score (nSPS) is 11.2. The Bertz CT molecular complexity index is 768. The van der Waals surface area contributed by atoms with Gasteiger partial charge in [0.05, 0.1) is 11.5 Å². The Morgan fingerprint density at radius 1 is 0.960 bits per heavy atom. The minimum Gasteiger partial charge on any atom is -0.326 e. The van der Waals surface area contributed by atoms with E-state index in [4.69, 9.17) is 0 Å². The quantitative estimate of drug-likeness (QED) is 0.737. The van der Waals surface area contributed by atoms with Crippen LogP contribution in [0.25, 0.3) is 0 Å². The maximum absolute atomic E-state index is 12.1. The number of aryl methyl sites for hydroxylation is 1. The molecule has 0 aliphatic heterocycles. The summed E-state index contributed by atoms with van der Waals surface area (Å²) in [6.45, 7) is 2.15. The highest BCUT2D eigenvalue weighted by Gasteiger charge is 2.14. The lowest BCUT2D eigenvalue weighted by molar-refractivity contribution is -0.115. The van der Waals surface area contributed by atoms with Crippen LogP contribution in [-0.2, 0) is 26.8 Å². The second kappa shape index (κ2) is 9.37. The fourth-order valence-corrected chi connectivity index (χ4v) is 3.85. The van der Waals surface area contributed by atoms with Crippen molar-refractivity contribution in [1.82, 2.24) is 0 Å². The summed E-state index contributed by atoms with van der Waals surface area (Å²) in [5.74, 6) is -0.465. The van der Waals surface area contributed by atoms with Gasteiger partial charge in [-0.1, -0.05) is 55.8 Å². The summed E-state index contributed by atoms with van der Waals surface area (Å²) >= 11 is 0. The molecule has 0 aromatic heterocycles. The first kappa shape index (κ1) is 19.2. The van der Waals surface area contributed by atoms with Crippen LogP contribution in [0.15, 0.2) is 54.6 Å². The van der Waals surface area contributed by atoms with E-state index in [1.165, 1.54) is 5.56 Å². The predicted molar refractivity (Wildman–Crippen MR) is 102 cm³/mol. The van der Waals surface area contributed by atoms with Gasteiger partial charge in [-0.3, -0.25) is 4.79 Å². The molecule has 1 N–H and O–H groups in total. The third kappa shape index (κ3) is 7.10. The topological polar surface area (TPSA) is 63.2 Å². The van der Waals surface area contributed by atoms with Crippen molar-refractivity contribution in [2.75, 3.05) is 11.1 Å². The first-order valence-electron chi connectivity index (χ1n) is 8.61. The van der Waals surface area contributed by atoms with Gasteiger partial charge in [0.15, 0.2) is 9.84 Å². The molecule has 1 amide bonds. The summed E-state index contributed by atoms with van der Waals surface area (Å²) in [5, 5.41) is 2.76. The standard InChI is InChI=1S/C20H25NO3S/c1-2-3-7-17-10-12-19(13-11-17)21-20(22)14-15-25(23,24)16-18-8-5-4-6-9-18/h4-6,8-13H,2-3,7,14-16H2,1H3,(H,21,22). The van der Waals surface area contributed by atoms with Crippen LogP contribution in [0.3, 0.4) is 0 Å². The van der Waals surface area contributed by atoms with Crippen molar-refractivity contribution in [3.05, 3.63) is 65.7 Å². The van der Waals surface area contributed by atoms with Crippen LogP contribution in [0, 0.1) is 0 Å². The zero-order valence-electron chi connectivity index (χ0n) is 14.6. The van der Waals surface area contributed by atoms with Gasteiger partial charge >= 0.3 is 0 Å². The molecule has 0 fully saturated rings. The number of amides is 1. The molecule has 5 heteroatoms. The van der Waals surface area contributed by atoms with Crippen LogP contribution < -0.4 is 5.32 Å². The molecule has 0 bridgehead atoms. The van der Waals surface area contributed by atoms with E-state index in [1.54, 1.807) is 12.1 Å². The van der Waals surface area contributed by atoms with Crippen molar-refractivity contribution in [2.45, 2.75) is 38.4 Å². The monoisotopic (exact) mass is 359 g/mol. The van der Waals surface area contributed by atoms with Crippen LogP contribution in [0.5, 0.6) is 0 Å². The summed E-state index contributed by atoms with van der Waals surface area (Å²) < 4.78 is 24.2. The van der Waals surface area contributed by atoms with Crippen molar-refractivity contribution >= 4 is 21.4 Å². The lowest BCUT2D eigenvalue weighted by atomic mass is 10.1. The second-order valence-corrected chi connectivity index (χ2v) is 8.36. The van der Waals surface area contributed by atoms with E-state index in [2.05, 4.69) is 12.2 Å². The Kier molecular flexibility index (Phi) is 7.19. The van der Waals surface area contributed by atoms with E-state index in [9.17, 15) is 13.2 Å². The molecule has 0 unspecified atom stereocenters. The Morgan fingerprint density at radius 3 is 2.28 bits per heavy atom. The maximum atomic E-state index is 12.1. The van der Waals surface area contributed by atoms with E-state index in [-0.39, 0.29) is 23.8 Å². The van der Waals surface area contributed by atoms with Gasteiger partial charge in [-0.15, -0.1) is 0 Å². The number of hydrogen-bond acceptors (Lipinski definition) is 3. The number of nitrogens with one attached hydrogen (secondary N) is 1. The number of anilines is 1. The highest BCUT2D eigenvalue weighted by molar-refractivity contribution is 7.90. The van der Waals surface area contributed by atoms with Crippen LogP contribution in [-0.4, -0.2) is 20.1 Å². The molecule has 25 heavy (non-hydrogen) atoms. The minimum absolute atomic E-state index is 0.0345. The third-order valence-electron chi connectivity index (χ3n) is 3.93. The molecule has 0 radical (unpaired) electrons. The van der Waals surface area contributed by atoms with Gasteiger partial charge in [0.2, 0.25) is 5.91 Å². The van der Waals surface area contributed by atoms with Gasteiger partial charge in [-0.05, 0) is 36.1 Å². The molecular weight excluding hydrogens is 334 g/mol. The van der Waals surface area contributed by atoms with Gasteiger partial charge in [-0.25, -0.2) is 8.42 Å². The Labute approximate surface area is 150 Å². The molecule has 0 atom stereocenters. The molecule has 2 aromatic rings. The summed E-state index contributed by atoms with van der Waals surface area (Å²) in [6, 6.07) is 16.7. The van der Waals surface area contributed by atoms with E-state index >= 15 is 0 Å². The van der Waals surface area contributed by atoms with Crippen molar-refractivity contribution in [2.24, 2.45) is 0 Å². The van der Waals surface area contributed by atoms with Crippen LogP contribution >= 0.6 is 0 Å². The highest BCUT2D eigenvalue weighted by Crippen LogP contribution is 2.13. The van der Waals surface area contributed by atoms with Gasteiger partial charge in [0.25, 0.3) is 0 Å². The van der Waals surface area contributed by atoms with Gasteiger partial charge in [-0.2, -0.15) is 0 Å². The number of sulfone groups is 1. The molecule has 2 rings (SSSR count). The van der Waals surface area contributed by atoms with Gasteiger partial charge in [0, 0.05) is 12.1 Å². The van der Waals surface area contributed by atoms with Gasteiger partial charge in [0.1, 0.15) is 0 Å². The van der Waals surface area contributed by atoms with E-state index in [0.29, 0.717) is 5.69 Å². The van der Waals surface area contributed by atoms with Crippen molar-refractivity contribution in [3.8, 4) is 0 Å². The average Bonchev–Trinajstić information content (AvgIpc) is 2.60. The SMILES string of the molecule is CCCCc1ccc(NC(=O)CCS(=O)(=O)Cc2ccccc2)cc1. The van der Waals surface area contributed by atoms with E-state index in [0.717, 1.165) is 24.8 Å². The molecule has 0 aliphatic carbocycles. The highest BCUT2D eigenvalue weighted by atomic mass is 32.2.